The highest BCUT2D eigenvalue weighted by atomic mass is 79.9. The van der Waals surface area contributed by atoms with Gasteiger partial charge < -0.3 is 5.32 Å². The number of nitrogens with one attached hydrogen (secondary N) is 1. The molecule has 0 atom stereocenters. The van der Waals surface area contributed by atoms with Crippen molar-refractivity contribution in [2.75, 3.05) is 11.9 Å². The standard InChI is InChI=1S/C11H12BrN3S/c1-8-14-10(12)6-11(15-8)13-4-2-9-3-5-16-7-9/h3,5-7H,2,4H2,1H3,(H,13,14,15). The Morgan fingerprint density at radius 1 is 1.44 bits per heavy atom. The van der Waals surface area contributed by atoms with Crippen LogP contribution in [0.1, 0.15) is 11.4 Å². The molecule has 0 aliphatic rings. The molecular formula is C11H12BrN3S. The van der Waals surface area contributed by atoms with Crippen molar-refractivity contribution in [3.05, 3.63) is 38.9 Å². The smallest absolute Gasteiger partial charge is 0.130 e. The molecule has 2 heterocycles. The van der Waals surface area contributed by atoms with Crippen molar-refractivity contribution in [1.82, 2.24) is 9.97 Å². The normalized spacial score (nSPS) is 10.4. The SMILES string of the molecule is Cc1nc(Br)cc(NCCc2ccsc2)n1. The van der Waals surface area contributed by atoms with E-state index in [-0.39, 0.29) is 0 Å². The van der Waals surface area contributed by atoms with Crippen LogP contribution in [-0.2, 0) is 6.42 Å². The molecule has 0 spiro atoms. The van der Waals surface area contributed by atoms with Gasteiger partial charge >= 0.3 is 0 Å². The second-order valence-electron chi connectivity index (χ2n) is 3.43. The lowest BCUT2D eigenvalue weighted by Crippen LogP contribution is -2.07. The van der Waals surface area contributed by atoms with E-state index >= 15 is 0 Å². The Kier molecular flexibility index (Phi) is 3.90. The number of rotatable bonds is 4. The van der Waals surface area contributed by atoms with Crippen molar-refractivity contribution < 1.29 is 0 Å². The van der Waals surface area contributed by atoms with E-state index in [0.717, 1.165) is 29.2 Å². The van der Waals surface area contributed by atoms with E-state index in [0.29, 0.717) is 0 Å². The van der Waals surface area contributed by atoms with E-state index in [4.69, 9.17) is 0 Å². The lowest BCUT2D eigenvalue weighted by molar-refractivity contribution is 0.977. The maximum atomic E-state index is 4.30. The van der Waals surface area contributed by atoms with Gasteiger partial charge in [0.05, 0.1) is 0 Å². The Morgan fingerprint density at radius 3 is 3.00 bits per heavy atom. The van der Waals surface area contributed by atoms with E-state index in [1.807, 2.05) is 13.0 Å². The Morgan fingerprint density at radius 2 is 2.31 bits per heavy atom. The van der Waals surface area contributed by atoms with Gasteiger partial charge in [-0.25, -0.2) is 9.97 Å². The van der Waals surface area contributed by atoms with Gasteiger partial charge in [0.1, 0.15) is 16.2 Å². The molecule has 1 N–H and O–H groups in total. The number of aromatic nitrogens is 2. The van der Waals surface area contributed by atoms with Gasteiger partial charge in [0.15, 0.2) is 0 Å². The molecule has 2 aromatic rings. The molecule has 84 valence electrons. The second kappa shape index (κ2) is 5.41. The quantitative estimate of drug-likeness (QED) is 0.880. The molecule has 0 saturated carbocycles. The molecule has 0 saturated heterocycles. The highest BCUT2D eigenvalue weighted by Gasteiger charge is 1.99. The first-order valence-corrected chi connectivity index (χ1v) is 6.74. The molecule has 3 nitrogen and oxygen atoms in total. The van der Waals surface area contributed by atoms with Crippen molar-refractivity contribution in [2.24, 2.45) is 0 Å². The minimum Gasteiger partial charge on any atom is -0.370 e. The molecule has 0 radical (unpaired) electrons. The van der Waals surface area contributed by atoms with Crippen molar-refractivity contribution in [2.45, 2.75) is 13.3 Å². The summed E-state index contributed by atoms with van der Waals surface area (Å²) in [6, 6.07) is 4.04. The van der Waals surface area contributed by atoms with Crippen LogP contribution in [0.4, 0.5) is 5.82 Å². The van der Waals surface area contributed by atoms with Gasteiger partial charge in [-0.15, -0.1) is 0 Å². The summed E-state index contributed by atoms with van der Waals surface area (Å²) in [5.74, 6) is 1.64. The van der Waals surface area contributed by atoms with Crippen LogP contribution in [0, 0.1) is 6.92 Å². The van der Waals surface area contributed by atoms with Crippen LogP contribution in [0.15, 0.2) is 27.5 Å². The van der Waals surface area contributed by atoms with Crippen LogP contribution in [0.5, 0.6) is 0 Å². The molecule has 2 rings (SSSR count). The Bertz CT molecular complexity index is 436. The fraction of sp³-hybridized carbons (Fsp3) is 0.273. The fourth-order valence-corrected chi connectivity index (χ4v) is 2.57. The summed E-state index contributed by atoms with van der Waals surface area (Å²) >= 11 is 5.08. The van der Waals surface area contributed by atoms with Crippen LogP contribution < -0.4 is 5.32 Å². The molecule has 0 aliphatic carbocycles. The summed E-state index contributed by atoms with van der Waals surface area (Å²) in [6.45, 7) is 2.77. The topological polar surface area (TPSA) is 37.8 Å². The zero-order valence-corrected chi connectivity index (χ0v) is 11.3. The summed E-state index contributed by atoms with van der Waals surface area (Å²) in [5.41, 5.74) is 1.36. The largest absolute Gasteiger partial charge is 0.370 e. The molecule has 0 amide bonds. The highest BCUT2D eigenvalue weighted by Crippen LogP contribution is 2.12. The minimum atomic E-state index is 0.771. The number of thiophene rings is 1. The molecule has 0 fully saturated rings. The third kappa shape index (κ3) is 3.28. The average molecular weight is 298 g/mol. The maximum absolute atomic E-state index is 4.30. The van der Waals surface area contributed by atoms with Crippen LogP contribution >= 0.6 is 27.3 Å². The van der Waals surface area contributed by atoms with Crippen molar-refractivity contribution in [3.63, 3.8) is 0 Å². The number of aryl methyl sites for hydroxylation is 1. The van der Waals surface area contributed by atoms with Crippen molar-refractivity contribution in [3.8, 4) is 0 Å². The van der Waals surface area contributed by atoms with Gasteiger partial charge in [-0.05, 0) is 51.7 Å². The first-order chi connectivity index (χ1) is 7.74. The third-order valence-corrected chi connectivity index (χ3v) is 3.24. The third-order valence-electron chi connectivity index (χ3n) is 2.11. The molecule has 0 aromatic carbocycles. The number of halogens is 1. The van der Waals surface area contributed by atoms with Gasteiger partial charge in [-0.3, -0.25) is 0 Å². The zero-order valence-electron chi connectivity index (χ0n) is 8.90. The molecule has 0 aliphatic heterocycles. The molecular weight excluding hydrogens is 286 g/mol. The van der Waals surface area contributed by atoms with Gasteiger partial charge in [0, 0.05) is 12.6 Å². The van der Waals surface area contributed by atoms with Crippen molar-refractivity contribution >= 4 is 33.1 Å². The van der Waals surface area contributed by atoms with Crippen LogP contribution in [0.25, 0.3) is 0 Å². The average Bonchev–Trinajstić information content (AvgIpc) is 2.69. The maximum Gasteiger partial charge on any atom is 0.130 e. The summed E-state index contributed by atoms with van der Waals surface area (Å²) in [7, 11) is 0. The molecule has 0 unspecified atom stereocenters. The lowest BCUT2D eigenvalue weighted by atomic mass is 10.2. The predicted octanol–water partition coefficient (Wildman–Crippen LogP) is 3.26. The van der Waals surface area contributed by atoms with E-state index in [2.05, 4.69) is 48.0 Å². The summed E-state index contributed by atoms with van der Waals surface area (Å²) < 4.78 is 0.818. The molecule has 16 heavy (non-hydrogen) atoms. The summed E-state index contributed by atoms with van der Waals surface area (Å²) in [6.07, 6.45) is 1.02. The molecule has 0 bridgehead atoms. The Hall–Kier alpha value is -0.940. The number of hydrogen-bond donors (Lipinski definition) is 1. The molecule has 2 aromatic heterocycles. The highest BCUT2D eigenvalue weighted by molar-refractivity contribution is 9.10. The fourth-order valence-electron chi connectivity index (χ4n) is 1.39. The van der Waals surface area contributed by atoms with Gasteiger partial charge in [-0.2, -0.15) is 11.3 Å². The lowest BCUT2D eigenvalue weighted by Gasteiger charge is -2.05. The monoisotopic (exact) mass is 297 g/mol. The number of hydrogen-bond acceptors (Lipinski definition) is 4. The zero-order chi connectivity index (χ0) is 11.4. The Labute approximate surface area is 107 Å². The summed E-state index contributed by atoms with van der Waals surface area (Å²) in [4.78, 5) is 8.46. The van der Waals surface area contributed by atoms with Gasteiger partial charge in [0.2, 0.25) is 0 Å². The van der Waals surface area contributed by atoms with Gasteiger partial charge in [0.25, 0.3) is 0 Å². The van der Waals surface area contributed by atoms with E-state index < -0.39 is 0 Å². The minimum absolute atomic E-state index is 0.771. The Balaban J connectivity index is 1.89. The number of nitrogens with zero attached hydrogens (tertiary/aromatic N) is 2. The van der Waals surface area contributed by atoms with E-state index in [9.17, 15) is 0 Å². The van der Waals surface area contributed by atoms with Gasteiger partial charge in [-0.1, -0.05) is 0 Å². The van der Waals surface area contributed by atoms with Crippen LogP contribution in [0.3, 0.4) is 0 Å². The van der Waals surface area contributed by atoms with Crippen LogP contribution in [-0.4, -0.2) is 16.5 Å². The van der Waals surface area contributed by atoms with Crippen molar-refractivity contribution in [1.29, 1.82) is 0 Å². The van der Waals surface area contributed by atoms with Crippen LogP contribution in [0.2, 0.25) is 0 Å². The second-order valence-corrected chi connectivity index (χ2v) is 5.02. The predicted molar refractivity (Wildman–Crippen MR) is 71.0 cm³/mol. The van der Waals surface area contributed by atoms with E-state index in [1.165, 1.54) is 5.56 Å². The number of anilines is 1. The van der Waals surface area contributed by atoms with E-state index in [1.54, 1.807) is 11.3 Å². The first-order valence-electron chi connectivity index (χ1n) is 5.00. The molecule has 5 heteroatoms. The first kappa shape index (κ1) is 11.5. The summed E-state index contributed by atoms with van der Waals surface area (Å²) in [5, 5.41) is 7.56.